The summed E-state index contributed by atoms with van der Waals surface area (Å²) in [5.74, 6) is -2.39. The van der Waals surface area contributed by atoms with E-state index in [9.17, 15) is 19.5 Å². The monoisotopic (exact) mass is 644 g/mol. The van der Waals surface area contributed by atoms with Gasteiger partial charge in [0.05, 0.1) is 11.5 Å². The van der Waals surface area contributed by atoms with Crippen LogP contribution in [0.4, 0.5) is 0 Å². The van der Waals surface area contributed by atoms with Gasteiger partial charge in [-0.05, 0) is 52.8 Å². The number of carboxylic acid groups (broad SMARTS) is 1. The number of carbonyl (C=O) groups is 3. The van der Waals surface area contributed by atoms with Gasteiger partial charge in [0, 0.05) is 10.9 Å². The number of hydrogen-bond acceptors (Lipinski definition) is 4. The van der Waals surface area contributed by atoms with E-state index in [4.69, 9.17) is 4.74 Å². The molecule has 1 aliphatic carbocycles. The minimum Gasteiger partial charge on any atom is -0.484 e. The Bertz CT molecular complexity index is 1510. The molecule has 224 valence electrons. The first-order valence-corrected chi connectivity index (χ1v) is 14.9. The normalized spacial score (nSPS) is 18.7. The van der Waals surface area contributed by atoms with Crippen molar-refractivity contribution in [2.75, 3.05) is 6.61 Å². The average molecular weight is 646 g/mol. The van der Waals surface area contributed by atoms with Gasteiger partial charge in [-0.3, -0.25) is 9.59 Å². The van der Waals surface area contributed by atoms with Gasteiger partial charge in [-0.2, -0.15) is 0 Å². The third-order valence-electron chi connectivity index (χ3n) is 7.46. The van der Waals surface area contributed by atoms with Gasteiger partial charge in [-0.15, -0.1) is 0 Å². The van der Waals surface area contributed by atoms with Gasteiger partial charge in [0.1, 0.15) is 11.8 Å². The van der Waals surface area contributed by atoms with Gasteiger partial charge in [0.2, 0.25) is 5.91 Å². The maximum absolute atomic E-state index is 13.5. The van der Waals surface area contributed by atoms with Crippen molar-refractivity contribution in [2.24, 2.45) is 5.92 Å². The lowest BCUT2D eigenvalue weighted by Crippen LogP contribution is -2.57. The van der Waals surface area contributed by atoms with E-state index in [1.807, 2.05) is 78.9 Å². The molecule has 0 fully saturated rings. The van der Waals surface area contributed by atoms with Gasteiger partial charge in [0.15, 0.2) is 6.61 Å². The van der Waals surface area contributed by atoms with E-state index in [0.717, 1.165) is 22.3 Å². The second-order valence-corrected chi connectivity index (χ2v) is 12.8. The Morgan fingerprint density at radius 2 is 1.58 bits per heavy atom. The predicted octanol–water partition coefficient (Wildman–Crippen LogP) is 6.18. The van der Waals surface area contributed by atoms with Crippen LogP contribution in [0.2, 0.25) is 0 Å². The van der Waals surface area contributed by atoms with E-state index in [-0.39, 0.29) is 18.4 Å². The van der Waals surface area contributed by atoms with Crippen LogP contribution in [-0.2, 0) is 26.2 Å². The number of allylic oxidation sites excluding steroid dienone is 2. The van der Waals surface area contributed by atoms with Crippen LogP contribution in [0.15, 0.2) is 102 Å². The maximum atomic E-state index is 13.5. The Morgan fingerprint density at radius 3 is 2.19 bits per heavy atom. The topological polar surface area (TPSA) is 105 Å². The van der Waals surface area contributed by atoms with Crippen molar-refractivity contribution in [3.63, 3.8) is 0 Å². The quantitative estimate of drug-likeness (QED) is 0.244. The molecule has 1 aliphatic rings. The number of halogens is 1. The summed E-state index contributed by atoms with van der Waals surface area (Å²) < 4.78 is 6.35. The van der Waals surface area contributed by atoms with Crippen molar-refractivity contribution in [2.45, 2.75) is 51.1 Å². The molecule has 0 spiro atoms. The standard InChI is InChI=1S/C35H37BrN2O5/c1-34(2,3)26-14-16-28(17-15-26)43-22-31(39)38-35(4)19-18-27(36)21-29(35)32(40)37-30(33(41)42)20-23-10-12-25(13-11-23)24-8-6-5-7-9-24/h5-19,21,29-30H,20,22H2,1-4H3,(H,37,40)(H,38,39)(H,41,42)/t29?,30-,35?/m0/s1. The van der Waals surface area contributed by atoms with E-state index in [1.54, 1.807) is 25.2 Å². The molecule has 0 saturated carbocycles. The summed E-state index contributed by atoms with van der Waals surface area (Å²) in [5.41, 5.74) is 2.89. The molecule has 3 aromatic rings. The Hall–Kier alpha value is -4.17. The first-order chi connectivity index (χ1) is 20.3. The van der Waals surface area contributed by atoms with Gasteiger partial charge >= 0.3 is 5.97 Å². The largest absolute Gasteiger partial charge is 0.484 e. The molecule has 3 aromatic carbocycles. The first kappa shape index (κ1) is 31.8. The number of benzene rings is 3. The van der Waals surface area contributed by atoms with Crippen LogP contribution >= 0.6 is 15.9 Å². The minimum absolute atomic E-state index is 0.00182. The van der Waals surface area contributed by atoms with Crippen molar-refractivity contribution in [1.29, 1.82) is 0 Å². The summed E-state index contributed by atoms with van der Waals surface area (Å²) in [7, 11) is 0. The summed E-state index contributed by atoms with van der Waals surface area (Å²) in [6.45, 7) is 7.84. The summed E-state index contributed by atoms with van der Waals surface area (Å²) in [6.07, 6.45) is 5.23. The second-order valence-electron chi connectivity index (χ2n) is 11.9. The number of rotatable bonds is 10. The lowest BCUT2D eigenvalue weighted by Gasteiger charge is -2.36. The number of aliphatic carboxylic acids is 1. The Morgan fingerprint density at radius 1 is 0.953 bits per heavy atom. The van der Waals surface area contributed by atoms with Crippen LogP contribution in [0.5, 0.6) is 5.75 Å². The third kappa shape index (κ3) is 8.45. The minimum atomic E-state index is -1.16. The van der Waals surface area contributed by atoms with Crippen LogP contribution in [-0.4, -0.2) is 41.1 Å². The van der Waals surface area contributed by atoms with E-state index in [2.05, 4.69) is 47.3 Å². The van der Waals surface area contributed by atoms with Crippen LogP contribution in [0.25, 0.3) is 11.1 Å². The van der Waals surface area contributed by atoms with E-state index >= 15 is 0 Å². The van der Waals surface area contributed by atoms with E-state index < -0.39 is 35.3 Å². The van der Waals surface area contributed by atoms with Crippen molar-refractivity contribution < 1.29 is 24.2 Å². The van der Waals surface area contributed by atoms with Crippen molar-refractivity contribution >= 4 is 33.7 Å². The average Bonchev–Trinajstić information content (AvgIpc) is 2.97. The fraction of sp³-hybridized carbons (Fsp3) is 0.286. The maximum Gasteiger partial charge on any atom is 0.326 e. The number of hydrogen-bond donors (Lipinski definition) is 3. The molecule has 7 nitrogen and oxygen atoms in total. The third-order valence-corrected chi connectivity index (χ3v) is 7.99. The summed E-state index contributed by atoms with van der Waals surface area (Å²) in [5, 5.41) is 15.5. The molecule has 2 unspecified atom stereocenters. The molecule has 3 N–H and O–H groups in total. The summed E-state index contributed by atoms with van der Waals surface area (Å²) in [6, 6.07) is 23.9. The molecule has 4 rings (SSSR count). The van der Waals surface area contributed by atoms with Crippen molar-refractivity contribution in [3.8, 4) is 16.9 Å². The molecule has 0 aliphatic heterocycles. The highest BCUT2D eigenvalue weighted by Crippen LogP contribution is 2.30. The molecule has 3 atom stereocenters. The van der Waals surface area contributed by atoms with Crippen LogP contribution in [0.3, 0.4) is 0 Å². The van der Waals surface area contributed by atoms with Crippen LogP contribution in [0, 0.1) is 5.92 Å². The fourth-order valence-corrected chi connectivity index (χ4v) is 5.31. The smallest absolute Gasteiger partial charge is 0.326 e. The fourth-order valence-electron chi connectivity index (χ4n) is 4.91. The van der Waals surface area contributed by atoms with Gasteiger partial charge in [0.25, 0.3) is 5.91 Å². The van der Waals surface area contributed by atoms with Crippen molar-refractivity contribution in [3.05, 3.63) is 113 Å². The number of carboxylic acids is 1. The highest BCUT2D eigenvalue weighted by molar-refractivity contribution is 9.11. The first-order valence-electron chi connectivity index (χ1n) is 14.1. The van der Waals surface area contributed by atoms with Crippen LogP contribution < -0.4 is 15.4 Å². The number of nitrogens with one attached hydrogen (secondary N) is 2. The SMILES string of the molecule is CC(C)(C)c1ccc(OCC(=O)NC2(C)C=CC(Br)=CC2C(=O)N[C@@H](Cc2ccc(-c3ccccc3)cc2)C(=O)O)cc1. The molecular formula is C35H37BrN2O5. The predicted molar refractivity (Wildman–Crippen MR) is 172 cm³/mol. The molecule has 0 heterocycles. The van der Waals surface area contributed by atoms with Gasteiger partial charge in [-0.1, -0.05) is 116 Å². The highest BCUT2D eigenvalue weighted by atomic mass is 79.9. The summed E-state index contributed by atoms with van der Waals surface area (Å²) >= 11 is 3.41. The van der Waals surface area contributed by atoms with Crippen molar-refractivity contribution in [1.82, 2.24) is 10.6 Å². The molecule has 0 radical (unpaired) electrons. The number of ether oxygens (including phenoxy) is 1. The molecule has 0 aromatic heterocycles. The van der Waals surface area contributed by atoms with Gasteiger partial charge in [-0.25, -0.2) is 4.79 Å². The van der Waals surface area contributed by atoms with Gasteiger partial charge < -0.3 is 20.5 Å². The second kappa shape index (κ2) is 13.4. The molecule has 8 heteroatoms. The highest BCUT2D eigenvalue weighted by Gasteiger charge is 2.40. The zero-order chi connectivity index (χ0) is 31.2. The molecular weight excluding hydrogens is 608 g/mol. The number of carbonyl (C=O) groups excluding carboxylic acids is 2. The Labute approximate surface area is 261 Å². The Kier molecular flexibility index (Phi) is 9.91. The van der Waals surface area contributed by atoms with Crippen LogP contribution in [0.1, 0.15) is 38.8 Å². The molecule has 2 amide bonds. The van der Waals surface area contributed by atoms with E-state index in [0.29, 0.717) is 10.2 Å². The summed E-state index contributed by atoms with van der Waals surface area (Å²) in [4.78, 5) is 38.6. The Balaban J connectivity index is 1.40. The molecule has 0 bridgehead atoms. The zero-order valence-corrected chi connectivity index (χ0v) is 26.4. The lowest BCUT2D eigenvalue weighted by molar-refractivity contribution is -0.142. The number of amides is 2. The zero-order valence-electron chi connectivity index (χ0n) is 24.8. The molecule has 0 saturated heterocycles. The van der Waals surface area contributed by atoms with E-state index in [1.165, 1.54) is 0 Å². The molecule has 43 heavy (non-hydrogen) atoms. The lowest BCUT2D eigenvalue weighted by atomic mass is 9.81.